The molecule has 112 valence electrons. The van der Waals surface area contributed by atoms with E-state index in [-0.39, 0.29) is 18.2 Å². The van der Waals surface area contributed by atoms with Crippen LogP contribution in [0.3, 0.4) is 0 Å². The lowest BCUT2D eigenvalue weighted by Gasteiger charge is -2.27. The number of nitrogens with two attached hydrogens (primary N) is 1. The maximum Gasteiger partial charge on any atom is 0.340 e. The van der Waals surface area contributed by atoms with Gasteiger partial charge in [-0.2, -0.15) is 0 Å². The molecule has 2 unspecified atom stereocenters. The van der Waals surface area contributed by atoms with Crippen LogP contribution in [0, 0.1) is 0 Å². The van der Waals surface area contributed by atoms with Gasteiger partial charge in [-0.05, 0) is 37.5 Å². The first kappa shape index (κ1) is 13.9. The van der Waals surface area contributed by atoms with E-state index in [1.54, 1.807) is 19.4 Å². The molecule has 21 heavy (non-hydrogen) atoms. The SMILES string of the molecule is COC1CCCC(OC(=O)c2c[nH]c3cc(N)ccc23)C1. The van der Waals surface area contributed by atoms with Crippen molar-refractivity contribution in [1.82, 2.24) is 4.98 Å². The van der Waals surface area contributed by atoms with Gasteiger partial charge in [0.2, 0.25) is 0 Å². The fraction of sp³-hybridized carbons (Fsp3) is 0.438. The molecule has 1 aromatic carbocycles. The highest BCUT2D eigenvalue weighted by Crippen LogP contribution is 2.26. The van der Waals surface area contributed by atoms with Crippen LogP contribution in [0.5, 0.6) is 0 Å². The topological polar surface area (TPSA) is 77.3 Å². The summed E-state index contributed by atoms with van der Waals surface area (Å²) in [7, 11) is 1.71. The number of H-pyrrole nitrogens is 1. The number of ether oxygens (including phenoxy) is 2. The molecule has 0 spiro atoms. The van der Waals surface area contributed by atoms with Gasteiger partial charge in [0.15, 0.2) is 0 Å². The van der Waals surface area contributed by atoms with Crippen molar-refractivity contribution in [3.63, 3.8) is 0 Å². The molecule has 1 saturated carbocycles. The number of fused-ring (bicyclic) bond motifs is 1. The van der Waals surface area contributed by atoms with Crippen molar-refractivity contribution in [2.24, 2.45) is 0 Å². The molecule has 2 atom stereocenters. The Bertz CT molecular complexity index is 650. The van der Waals surface area contributed by atoms with Crippen molar-refractivity contribution >= 4 is 22.6 Å². The van der Waals surface area contributed by atoms with Gasteiger partial charge >= 0.3 is 5.97 Å². The van der Waals surface area contributed by atoms with Gasteiger partial charge in [-0.25, -0.2) is 4.79 Å². The molecule has 0 amide bonds. The van der Waals surface area contributed by atoms with Gasteiger partial charge in [-0.15, -0.1) is 0 Å². The molecule has 1 fully saturated rings. The molecular formula is C16H20N2O3. The number of rotatable bonds is 3. The molecule has 1 heterocycles. The van der Waals surface area contributed by atoms with E-state index in [1.165, 1.54) is 0 Å². The molecule has 2 aromatic rings. The minimum absolute atomic E-state index is 0.0602. The van der Waals surface area contributed by atoms with E-state index in [0.717, 1.165) is 36.6 Å². The number of anilines is 1. The number of carbonyl (C=O) groups excluding carboxylic acids is 1. The molecule has 0 aliphatic heterocycles. The molecule has 3 N–H and O–H groups in total. The third-order valence-electron chi connectivity index (χ3n) is 4.11. The standard InChI is InChI=1S/C16H20N2O3/c1-20-11-3-2-4-12(8-11)21-16(19)14-9-18-15-7-10(17)5-6-13(14)15/h5-7,9,11-12,18H,2-4,8,17H2,1H3. The Labute approximate surface area is 123 Å². The number of aromatic amines is 1. The second kappa shape index (κ2) is 5.77. The number of hydrogen-bond donors (Lipinski definition) is 2. The van der Waals surface area contributed by atoms with Crippen LogP contribution in [0.1, 0.15) is 36.0 Å². The monoisotopic (exact) mass is 288 g/mol. The fourth-order valence-corrected chi connectivity index (χ4v) is 2.95. The van der Waals surface area contributed by atoms with Gasteiger partial charge in [0.05, 0.1) is 11.7 Å². The predicted octanol–water partition coefficient (Wildman–Crippen LogP) is 2.86. The van der Waals surface area contributed by atoms with Crippen LogP contribution < -0.4 is 5.73 Å². The second-order valence-electron chi connectivity index (χ2n) is 5.56. The van der Waals surface area contributed by atoms with E-state index < -0.39 is 0 Å². The lowest BCUT2D eigenvalue weighted by atomic mass is 9.95. The number of aromatic nitrogens is 1. The van der Waals surface area contributed by atoms with Crippen LogP contribution in [0.15, 0.2) is 24.4 Å². The highest BCUT2D eigenvalue weighted by Gasteiger charge is 2.26. The fourth-order valence-electron chi connectivity index (χ4n) is 2.95. The summed E-state index contributed by atoms with van der Waals surface area (Å²) in [5, 5.41) is 0.841. The molecule has 1 aliphatic rings. The number of methoxy groups -OCH3 is 1. The van der Waals surface area contributed by atoms with Gasteiger partial charge in [0.1, 0.15) is 6.10 Å². The summed E-state index contributed by atoms with van der Waals surface area (Å²) in [5.41, 5.74) is 7.81. The minimum Gasteiger partial charge on any atom is -0.459 e. The average Bonchev–Trinajstić information content (AvgIpc) is 2.90. The van der Waals surface area contributed by atoms with E-state index in [2.05, 4.69) is 4.98 Å². The van der Waals surface area contributed by atoms with Gasteiger partial charge in [0.25, 0.3) is 0 Å². The van der Waals surface area contributed by atoms with Crippen molar-refractivity contribution in [3.8, 4) is 0 Å². The highest BCUT2D eigenvalue weighted by molar-refractivity contribution is 6.04. The number of carbonyl (C=O) groups is 1. The van der Waals surface area contributed by atoms with Crippen LogP contribution in [0.4, 0.5) is 5.69 Å². The Morgan fingerprint density at radius 2 is 2.14 bits per heavy atom. The van der Waals surface area contributed by atoms with E-state index in [4.69, 9.17) is 15.2 Å². The van der Waals surface area contributed by atoms with Crippen LogP contribution in [-0.2, 0) is 9.47 Å². The van der Waals surface area contributed by atoms with E-state index in [0.29, 0.717) is 11.3 Å². The Hall–Kier alpha value is -2.01. The van der Waals surface area contributed by atoms with E-state index in [1.807, 2.05) is 12.1 Å². The molecule has 5 heteroatoms. The van der Waals surface area contributed by atoms with E-state index >= 15 is 0 Å². The van der Waals surface area contributed by atoms with Crippen molar-refractivity contribution in [3.05, 3.63) is 30.0 Å². The third kappa shape index (κ3) is 2.88. The van der Waals surface area contributed by atoms with Crippen LogP contribution in [0.2, 0.25) is 0 Å². The maximum absolute atomic E-state index is 12.4. The number of benzene rings is 1. The molecular weight excluding hydrogens is 268 g/mol. The number of hydrogen-bond acceptors (Lipinski definition) is 4. The summed E-state index contributed by atoms with van der Waals surface area (Å²) < 4.78 is 11.0. The summed E-state index contributed by atoms with van der Waals surface area (Å²) in [6, 6.07) is 5.44. The molecule has 0 saturated heterocycles. The normalized spacial score (nSPS) is 22.3. The van der Waals surface area contributed by atoms with Crippen LogP contribution in [0.25, 0.3) is 10.9 Å². The van der Waals surface area contributed by atoms with Gasteiger partial charge in [-0.3, -0.25) is 0 Å². The van der Waals surface area contributed by atoms with Crippen molar-refractivity contribution < 1.29 is 14.3 Å². The van der Waals surface area contributed by atoms with Crippen LogP contribution >= 0.6 is 0 Å². The zero-order valence-corrected chi connectivity index (χ0v) is 12.1. The van der Waals surface area contributed by atoms with Crippen LogP contribution in [-0.4, -0.2) is 30.3 Å². The lowest BCUT2D eigenvalue weighted by Crippen LogP contribution is -2.29. The number of nitrogen functional groups attached to an aromatic ring is 1. The Morgan fingerprint density at radius 3 is 2.95 bits per heavy atom. The molecule has 0 radical (unpaired) electrons. The zero-order valence-electron chi connectivity index (χ0n) is 12.1. The predicted molar refractivity (Wildman–Crippen MR) is 81.2 cm³/mol. The number of nitrogens with one attached hydrogen (secondary N) is 1. The van der Waals surface area contributed by atoms with E-state index in [9.17, 15) is 4.79 Å². The summed E-state index contributed by atoms with van der Waals surface area (Å²) in [4.78, 5) is 15.4. The quantitative estimate of drug-likeness (QED) is 0.672. The third-order valence-corrected chi connectivity index (χ3v) is 4.11. The summed E-state index contributed by atoms with van der Waals surface area (Å²) in [6.45, 7) is 0. The lowest BCUT2D eigenvalue weighted by molar-refractivity contribution is -0.0147. The Kier molecular flexibility index (Phi) is 3.84. The molecule has 5 nitrogen and oxygen atoms in total. The maximum atomic E-state index is 12.4. The largest absolute Gasteiger partial charge is 0.459 e. The van der Waals surface area contributed by atoms with Gasteiger partial charge in [0, 0.05) is 36.3 Å². The molecule has 1 aromatic heterocycles. The minimum atomic E-state index is -0.284. The summed E-state index contributed by atoms with van der Waals surface area (Å²) >= 11 is 0. The van der Waals surface area contributed by atoms with Gasteiger partial charge < -0.3 is 20.2 Å². The van der Waals surface area contributed by atoms with Gasteiger partial charge in [-0.1, -0.05) is 0 Å². The summed E-state index contributed by atoms with van der Waals surface area (Å²) in [6.07, 6.45) is 5.56. The van der Waals surface area contributed by atoms with Crippen molar-refractivity contribution in [2.75, 3.05) is 12.8 Å². The average molecular weight is 288 g/mol. The zero-order chi connectivity index (χ0) is 14.8. The van der Waals surface area contributed by atoms with Crippen molar-refractivity contribution in [2.45, 2.75) is 37.9 Å². The first-order valence-electron chi connectivity index (χ1n) is 7.27. The smallest absolute Gasteiger partial charge is 0.340 e. The first-order chi connectivity index (χ1) is 10.2. The molecule has 0 bridgehead atoms. The second-order valence-corrected chi connectivity index (χ2v) is 5.56. The van der Waals surface area contributed by atoms with Crippen molar-refractivity contribution in [1.29, 1.82) is 0 Å². The summed E-state index contributed by atoms with van der Waals surface area (Å²) in [5.74, 6) is -0.284. The number of esters is 1. The first-order valence-corrected chi connectivity index (χ1v) is 7.27. The molecule has 1 aliphatic carbocycles. The molecule has 3 rings (SSSR count). The Balaban J connectivity index is 1.75. The highest BCUT2D eigenvalue weighted by atomic mass is 16.5. The Morgan fingerprint density at radius 1 is 1.33 bits per heavy atom.